The van der Waals surface area contributed by atoms with Gasteiger partial charge in [-0.05, 0) is 18.8 Å². The molecule has 0 aromatic carbocycles. The third-order valence-corrected chi connectivity index (χ3v) is 3.17. The van der Waals surface area contributed by atoms with Gasteiger partial charge in [-0.25, -0.2) is 0 Å². The Morgan fingerprint density at radius 1 is 1.38 bits per heavy atom. The predicted molar refractivity (Wildman–Crippen MR) is 64.1 cm³/mol. The average Bonchev–Trinajstić information content (AvgIpc) is 3.03. The first kappa shape index (κ1) is 13.5. The summed E-state index contributed by atoms with van der Waals surface area (Å²) in [5.74, 6) is 0.373. The number of hydrogen-bond acceptors (Lipinski definition) is 3. The van der Waals surface area contributed by atoms with Gasteiger partial charge in [0, 0.05) is 12.6 Å². The highest BCUT2D eigenvalue weighted by Gasteiger charge is 2.23. The smallest absolute Gasteiger partial charge is 0.234 e. The highest BCUT2D eigenvalue weighted by molar-refractivity contribution is 5.78. The van der Waals surface area contributed by atoms with Crippen molar-refractivity contribution in [1.29, 1.82) is 0 Å². The van der Waals surface area contributed by atoms with Crippen LogP contribution in [0.5, 0.6) is 0 Å². The summed E-state index contributed by atoms with van der Waals surface area (Å²) in [6.45, 7) is 4.98. The van der Waals surface area contributed by atoms with Crippen LogP contribution in [-0.4, -0.2) is 36.2 Å². The van der Waals surface area contributed by atoms with Crippen molar-refractivity contribution < 1.29 is 9.90 Å². The van der Waals surface area contributed by atoms with Gasteiger partial charge in [-0.1, -0.05) is 26.7 Å². The van der Waals surface area contributed by atoms with Gasteiger partial charge in [0.1, 0.15) is 0 Å². The molecular formula is C12H24N2O2. The second kappa shape index (κ2) is 6.86. The van der Waals surface area contributed by atoms with Crippen molar-refractivity contribution in [1.82, 2.24) is 10.6 Å². The van der Waals surface area contributed by atoms with Gasteiger partial charge in [0.15, 0.2) is 0 Å². The summed E-state index contributed by atoms with van der Waals surface area (Å²) in [6, 6.07) is 0.415. The van der Waals surface area contributed by atoms with Crippen LogP contribution >= 0.6 is 0 Å². The maximum atomic E-state index is 11.3. The minimum atomic E-state index is -0.344. The number of hydrogen-bond donors (Lipinski definition) is 3. The van der Waals surface area contributed by atoms with Gasteiger partial charge < -0.3 is 15.7 Å². The predicted octanol–water partition coefficient (Wildman–Crippen LogP) is 0.652. The zero-order valence-corrected chi connectivity index (χ0v) is 10.3. The number of aliphatic hydroxyl groups is 1. The summed E-state index contributed by atoms with van der Waals surface area (Å²) >= 11 is 0. The quantitative estimate of drug-likeness (QED) is 0.572. The zero-order valence-electron chi connectivity index (χ0n) is 10.3. The normalized spacial score (nSPS) is 17.5. The highest BCUT2D eigenvalue weighted by atomic mass is 16.3. The maximum absolute atomic E-state index is 11.3. The summed E-state index contributed by atoms with van der Waals surface area (Å²) in [5.41, 5.74) is 0. The summed E-state index contributed by atoms with van der Waals surface area (Å²) in [5, 5.41) is 15.7. The Morgan fingerprint density at radius 2 is 2.00 bits per heavy atom. The Hall–Kier alpha value is -0.610. The Balaban J connectivity index is 2.06. The molecule has 1 saturated carbocycles. The van der Waals surface area contributed by atoms with Crippen LogP contribution in [0.1, 0.15) is 39.5 Å². The molecule has 1 atom stereocenters. The molecule has 0 aromatic rings. The molecule has 94 valence electrons. The number of rotatable bonds is 8. The van der Waals surface area contributed by atoms with Crippen molar-refractivity contribution in [3.05, 3.63) is 0 Å². The van der Waals surface area contributed by atoms with Crippen LogP contribution < -0.4 is 10.6 Å². The Labute approximate surface area is 97.8 Å². The van der Waals surface area contributed by atoms with Crippen molar-refractivity contribution in [3.63, 3.8) is 0 Å². The van der Waals surface area contributed by atoms with Crippen LogP contribution in [-0.2, 0) is 4.79 Å². The first-order valence-corrected chi connectivity index (χ1v) is 6.35. The van der Waals surface area contributed by atoms with E-state index in [0.29, 0.717) is 25.0 Å². The fraction of sp³-hybridized carbons (Fsp3) is 0.917. The van der Waals surface area contributed by atoms with Gasteiger partial charge in [-0.3, -0.25) is 4.79 Å². The fourth-order valence-corrected chi connectivity index (χ4v) is 1.84. The van der Waals surface area contributed by atoms with Gasteiger partial charge in [-0.15, -0.1) is 0 Å². The molecular weight excluding hydrogens is 204 g/mol. The summed E-state index contributed by atoms with van der Waals surface area (Å²) in [4.78, 5) is 11.3. The molecule has 0 aromatic heterocycles. The van der Waals surface area contributed by atoms with Crippen LogP contribution in [0, 0.1) is 5.92 Å². The van der Waals surface area contributed by atoms with E-state index < -0.39 is 0 Å². The van der Waals surface area contributed by atoms with E-state index >= 15 is 0 Å². The molecule has 4 heteroatoms. The van der Waals surface area contributed by atoms with Crippen molar-refractivity contribution in [3.8, 4) is 0 Å². The van der Waals surface area contributed by atoms with Crippen LogP contribution in [0.3, 0.4) is 0 Å². The molecule has 1 fully saturated rings. The molecule has 0 radical (unpaired) electrons. The molecule has 1 aliphatic carbocycles. The number of carbonyl (C=O) groups excluding carboxylic acids is 1. The minimum Gasteiger partial charge on any atom is -0.392 e. The first-order chi connectivity index (χ1) is 7.67. The monoisotopic (exact) mass is 228 g/mol. The summed E-state index contributed by atoms with van der Waals surface area (Å²) < 4.78 is 0. The third-order valence-electron chi connectivity index (χ3n) is 3.17. The molecule has 0 heterocycles. The zero-order chi connectivity index (χ0) is 12.0. The van der Waals surface area contributed by atoms with E-state index in [1.165, 1.54) is 0 Å². The lowest BCUT2D eigenvalue weighted by atomic mass is 9.97. The van der Waals surface area contributed by atoms with Gasteiger partial charge in [0.05, 0.1) is 12.6 Å². The van der Waals surface area contributed by atoms with Gasteiger partial charge in [0.25, 0.3) is 0 Å². The molecule has 0 bridgehead atoms. The maximum Gasteiger partial charge on any atom is 0.234 e. The van der Waals surface area contributed by atoms with Gasteiger partial charge in [0.2, 0.25) is 5.91 Å². The first-order valence-electron chi connectivity index (χ1n) is 6.35. The minimum absolute atomic E-state index is 0.0410. The highest BCUT2D eigenvalue weighted by Crippen LogP contribution is 2.18. The molecule has 1 amide bonds. The molecule has 1 unspecified atom stereocenters. The molecule has 0 saturated heterocycles. The number of nitrogens with one attached hydrogen (secondary N) is 2. The second-order valence-corrected chi connectivity index (χ2v) is 4.62. The second-order valence-electron chi connectivity index (χ2n) is 4.62. The SMILES string of the molecule is CCC(CC)C(O)CNCC(=O)NC1CC1. The van der Waals surface area contributed by atoms with Crippen molar-refractivity contribution in [2.24, 2.45) is 5.92 Å². The van der Waals surface area contributed by atoms with E-state index in [-0.39, 0.29) is 12.0 Å². The molecule has 0 aliphatic heterocycles. The van der Waals surface area contributed by atoms with E-state index in [1.54, 1.807) is 0 Å². The van der Waals surface area contributed by atoms with Crippen LogP contribution in [0.15, 0.2) is 0 Å². The fourth-order valence-electron chi connectivity index (χ4n) is 1.84. The van der Waals surface area contributed by atoms with Crippen molar-refractivity contribution >= 4 is 5.91 Å². The van der Waals surface area contributed by atoms with Crippen LogP contribution in [0.2, 0.25) is 0 Å². The Morgan fingerprint density at radius 3 is 2.50 bits per heavy atom. The number of carbonyl (C=O) groups is 1. The number of amides is 1. The lowest BCUT2D eigenvalue weighted by molar-refractivity contribution is -0.120. The molecule has 0 spiro atoms. The average molecular weight is 228 g/mol. The molecule has 1 aliphatic rings. The lowest BCUT2D eigenvalue weighted by Gasteiger charge is -2.20. The largest absolute Gasteiger partial charge is 0.392 e. The molecule has 4 nitrogen and oxygen atoms in total. The van der Waals surface area contributed by atoms with Crippen LogP contribution in [0.25, 0.3) is 0 Å². The van der Waals surface area contributed by atoms with Gasteiger partial charge >= 0.3 is 0 Å². The van der Waals surface area contributed by atoms with E-state index in [4.69, 9.17) is 0 Å². The summed E-state index contributed by atoms with van der Waals surface area (Å²) in [6.07, 6.45) is 3.84. The molecule has 3 N–H and O–H groups in total. The van der Waals surface area contributed by atoms with E-state index in [2.05, 4.69) is 24.5 Å². The third kappa shape index (κ3) is 4.94. The van der Waals surface area contributed by atoms with E-state index in [1.807, 2.05) is 0 Å². The topological polar surface area (TPSA) is 61.4 Å². The molecule has 16 heavy (non-hydrogen) atoms. The standard InChI is InChI=1S/C12H24N2O2/c1-3-9(4-2)11(15)7-13-8-12(16)14-10-5-6-10/h9-11,13,15H,3-8H2,1-2H3,(H,14,16). The molecule has 1 rings (SSSR count). The van der Waals surface area contributed by atoms with Crippen molar-refractivity contribution in [2.45, 2.75) is 51.7 Å². The van der Waals surface area contributed by atoms with Gasteiger partial charge in [-0.2, -0.15) is 0 Å². The lowest BCUT2D eigenvalue weighted by Crippen LogP contribution is -2.39. The van der Waals surface area contributed by atoms with Crippen LogP contribution in [0.4, 0.5) is 0 Å². The van der Waals surface area contributed by atoms with E-state index in [9.17, 15) is 9.90 Å². The number of aliphatic hydroxyl groups excluding tert-OH is 1. The van der Waals surface area contributed by atoms with E-state index in [0.717, 1.165) is 25.7 Å². The summed E-state index contributed by atoms with van der Waals surface area (Å²) in [7, 11) is 0. The Kier molecular flexibility index (Phi) is 5.77. The Bertz CT molecular complexity index is 213. The van der Waals surface area contributed by atoms with Crippen molar-refractivity contribution in [2.75, 3.05) is 13.1 Å².